The summed E-state index contributed by atoms with van der Waals surface area (Å²) in [6, 6.07) is 3.38. The van der Waals surface area contributed by atoms with Crippen LogP contribution in [0, 0.1) is 0 Å². The Kier molecular flexibility index (Phi) is 1.62. The molecular formula is C8H7NO2S. The molecule has 0 amide bonds. The monoisotopic (exact) mass is 181 g/mol. The lowest BCUT2D eigenvalue weighted by atomic mass is 10.3. The molecule has 2 rings (SSSR count). The van der Waals surface area contributed by atoms with E-state index >= 15 is 0 Å². The Morgan fingerprint density at radius 2 is 2.33 bits per heavy atom. The Balaban J connectivity index is 2.75. The third kappa shape index (κ3) is 1.00. The van der Waals surface area contributed by atoms with E-state index < -0.39 is 0 Å². The quantitative estimate of drug-likeness (QED) is 0.731. The molecule has 1 aromatic heterocycles. The lowest BCUT2D eigenvalue weighted by Crippen LogP contribution is -1.81. The highest BCUT2D eigenvalue weighted by Crippen LogP contribution is 2.31. The van der Waals surface area contributed by atoms with Gasteiger partial charge in [0.25, 0.3) is 0 Å². The first-order chi connectivity index (χ1) is 5.81. The number of aromatic hydroxyl groups is 1. The highest BCUT2D eigenvalue weighted by molar-refractivity contribution is 7.17. The minimum absolute atomic E-state index is 0.229. The number of methoxy groups -OCH3 is 1. The Hall–Kier alpha value is -1.29. The van der Waals surface area contributed by atoms with Gasteiger partial charge in [-0.3, -0.25) is 0 Å². The highest BCUT2D eigenvalue weighted by atomic mass is 32.1. The number of nitrogens with zero attached hydrogens (tertiary/aromatic N) is 1. The number of fused-ring (bicyclic) bond motifs is 1. The number of aromatic nitrogens is 1. The number of phenols is 1. The normalized spacial score (nSPS) is 10.4. The van der Waals surface area contributed by atoms with Gasteiger partial charge in [-0.1, -0.05) is 0 Å². The summed E-state index contributed by atoms with van der Waals surface area (Å²) < 4.78 is 5.78. The molecule has 0 aliphatic carbocycles. The fourth-order valence-corrected chi connectivity index (χ4v) is 1.73. The summed E-state index contributed by atoms with van der Waals surface area (Å²) in [5.41, 5.74) is 2.47. The molecule has 3 nitrogen and oxygen atoms in total. The lowest BCUT2D eigenvalue weighted by Gasteiger charge is -1.99. The van der Waals surface area contributed by atoms with Crippen LogP contribution in [0.2, 0.25) is 0 Å². The van der Waals surface area contributed by atoms with E-state index in [1.165, 1.54) is 11.3 Å². The summed E-state index contributed by atoms with van der Waals surface area (Å²) in [4.78, 5) is 4.07. The van der Waals surface area contributed by atoms with Crippen LogP contribution >= 0.6 is 11.3 Å². The van der Waals surface area contributed by atoms with E-state index in [0.717, 1.165) is 10.2 Å². The van der Waals surface area contributed by atoms with E-state index in [-0.39, 0.29) is 5.75 Å². The van der Waals surface area contributed by atoms with Crippen molar-refractivity contribution in [1.82, 2.24) is 4.98 Å². The maximum Gasteiger partial charge on any atom is 0.138 e. The Morgan fingerprint density at radius 1 is 1.50 bits per heavy atom. The van der Waals surface area contributed by atoms with E-state index in [1.54, 1.807) is 24.8 Å². The van der Waals surface area contributed by atoms with Crippen LogP contribution in [0.1, 0.15) is 0 Å². The molecule has 1 N–H and O–H groups in total. The molecule has 1 aromatic carbocycles. The minimum atomic E-state index is 0.229. The molecule has 0 saturated heterocycles. The van der Waals surface area contributed by atoms with E-state index in [9.17, 15) is 5.11 Å². The number of hydrogen-bond donors (Lipinski definition) is 1. The SMILES string of the molecule is COc1cc(O)c2scnc2c1. The zero-order valence-corrected chi connectivity index (χ0v) is 7.26. The molecule has 0 radical (unpaired) electrons. The van der Waals surface area contributed by atoms with Gasteiger partial charge in [-0.25, -0.2) is 4.98 Å². The van der Waals surface area contributed by atoms with Crippen molar-refractivity contribution in [3.8, 4) is 11.5 Å². The van der Waals surface area contributed by atoms with Gasteiger partial charge >= 0.3 is 0 Å². The average Bonchev–Trinajstić information content (AvgIpc) is 2.52. The second kappa shape index (κ2) is 2.64. The zero-order valence-electron chi connectivity index (χ0n) is 6.44. The number of ether oxygens (including phenoxy) is 1. The average molecular weight is 181 g/mol. The molecule has 0 unspecified atom stereocenters. The fraction of sp³-hybridized carbons (Fsp3) is 0.125. The van der Waals surface area contributed by atoms with Gasteiger partial charge in [0.15, 0.2) is 0 Å². The number of thiazole rings is 1. The molecule has 1 heterocycles. The topological polar surface area (TPSA) is 42.4 Å². The number of hydrogen-bond acceptors (Lipinski definition) is 4. The number of phenolic OH excluding ortho intramolecular Hbond substituents is 1. The zero-order chi connectivity index (χ0) is 8.55. The summed E-state index contributed by atoms with van der Waals surface area (Å²) >= 11 is 1.42. The van der Waals surface area contributed by atoms with Crippen molar-refractivity contribution >= 4 is 21.6 Å². The Morgan fingerprint density at radius 3 is 3.08 bits per heavy atom. The fourth-order valence-electron chi connectivity index (χ4n) is 1.04. The third-order valence-corrected chi connectivity index (χ3v) is 2.49. The number of benzene rings is 1. The summed E-state index contributed by atoms with van der Waals surface area (Å²) in [5.74, 6) is 0.859. The van der Waals surface area contributed by atoms with Gasteiger partial charge in [0, 0.05) is 12.1 Å². The second-order valence-electron chi connectivity index (χ2n) is 2.35. The standard InChI is InChI=1S/C8H7NO2S/c1-11-5-2-6-8(7(10)3-5)12-4-9-6/h2-4,10H,1H3. The largest absolute Gasteiger partial charge is 0.506 e. The molecule has 62 valence electrons. The van der Waals surface area contributed by atoms with Crippen molar-refractivity contribution in [1.29, 1.82) is 0 Å². The van der Waals surface area contributed by atoms with E-state index in [2.05, 4.69) is 4.98 Å². The molecule has 0 atom stereocenters. The van der Waals surface area contributed by atoms with E-state index in [4.69, 9.17) is 4.74 Å². The predicted octanol–water partition coefficient (Wildman–Crippen LogP) is 2.01. The third-order valence-electron chi connectivity index (χ3n) is 1.62. The molecule has 0 spiro atoms. The molecule has 0 bridgehead atoms. The van der Waals surface area contributed by atoms with Crippen molar-refractivity contribution < 1.29 is 9.84 Å². The smallest absolute Gasteiger partial charge is 0.138 e. The van der Waals surface area contributed by atoms with Crippen molar-refractivity contribution in [3.05, 3.63) is 17.6 Å². The molecule has 4 heteroatoms. The molecule has 2 aromatic rings. The van der Waals surface area contributed by atoms with Gasteiger partial charge in [-0.05, 0) is 0 Å². The second-order valence-corrected chi connectivity index (χ2v) is 3.20. The summed E-state index contributed by atoms with van der Waals surface area (Å²) in [7, 11) is 1.56. The molecule has 0 saturated carbocycles. The van der Waals surface area contributed by atoms with Crippen LogP contribution in [0.4, 0.5) is 0 Å². The molecule has 0 fully saturated rings. The van der Waals surface area contributed by atoms with Gasteiger partial charge < -0.3 is 9.84 Å². The van der Waals surface area contributed by atoms with Crippen molar-refractivity contribution in [2.75, 3.05) is 7.11 Å². The van der Waals surface area contributed by atoms with Crippen LogP contribution < -0.4 is 4.74 Å². The maximum absolute atomic E-state index is 9.46. The summed E-state index contributed by atoms with van der Waals surface area (Å²) in [5, 5.41) is 9.46. The van der Waals surface area contributed by atoms with E-state index in [1.807, 2.05) is 0 Å². The van der Waals surface area contributed by atoms with Crippen molar-refractivity contribution in [3.63, 3.8) is 0 Å². The first-order valence-corrected chi connectivity index (χ1v) is 4.29. The van der Waals surface area contributed by atoms with Crippen LogP contribution in [-0.4, -0.2) is 17.2 Å². The van der Waals surface area contributed by atoms with Crippen molar-refractivity contribution in [2.45, 2.75) is 0 Å². The molecule has 0 aliphatic heterocycles. The molecule has 0 aliphatic rings. The first kappa shape index (κ1) is 7.36. The van der Waals surface area contributed by atoms with Gasteiger partial charge in [0.1, 0.15) is 11.5 Å². The van der Waals surface area contributed by atoms with Gasteiger partial charge in [0.05, 0.1) is 22.8 Å². The van der Waals surface area contributed by atoms with Crippen molar-refractivity contribution in [2.24, 2.45) is 0 Å². The number of rotatable bonds is 1. The van der Waals surface area contributed by atoms with Crippen LogP contribution in [-0.2, 0) is 0 Å². The maximum atomic E-state index is 9.46. The molecular weight excluding hydrogens is 174 g/mol. The Labute approximate surface area is 73.2 Å². The van der Waals surface area contributed by atoms with Crippen LogP contribution in [0.5, 0.6) is 11.5 Å². The first-order valence-electron chi connectivity index (χ1n) is 3.41. The predicted molar refractivity (Wildman–Crippen MR) is 47.8 cm³/mol. The van der Waals surface area contributed by atoms with Crippen LogP contribution in [0.3, 0.4) is 0 Å². The highest BCUT2D eigenvalue weighted by Gasteiger charge is 2.04. The van der Waals surface area contributed by atoms with Gasteiger partial charge in [-0.15, -0.1) is 11.3 Å². The minimum Gasteiger partial charge on any atom is -0.506 e. The lowest BCUT2D eigenvalue weighted by molar-refractivity contribution is 0.409. The van der Waals surface area contributed by atoms with Crippen LogP contribution in [0.15, 0.2) is 17.6 Å². The van der Waals surface area contributed by atoms with E-state index in [0.29, 0.717) is 5.75 Å². The summed E-state index contributed by atoms with van der Waals surface area (Å²) in [6.07, 6.45) is 0. The van der Waals surface area contributed by atoms with Crippen LogP contribution in [0.25, 0.3) is 10.2 Å². The summed E-state index contributed by atoms with van der Waals surface area (Å²) in [6.45, 7) is 0. The van der Waals surface area contributed by atoms with Gasteiger partial charge in [0.2, 0.25) is 0 Å². The molecule has 12 heavy (non-hydrogen) atoms. The Bertz CT molecular complexity index is 410. The van der Waals surface area contributed by atoms with Gasteiger partial charge in [-0.2, -0.15) is 0 Å².